The summed E-state index contributed by atoms with van der Waals surface area (Å²) in [7, 11) is -3.58. The summed E-state index contributed by atoms with van der Waals surface area (Å²) in [5.74, 6) is 0.0247. The van der Waals surface area contributed by atoms with Crippen molar-refractivity contribution in [1.29, 1.82) is 0 Å². The van der Waals surface area contributed by atoms with Crippen LogP contribution in [0.2, 0.25) is 0 Å². The molecule has 0 spiro atoms. The molecule has 7 heteroatoms. The van der Waals surface area contributed by atoms with E-state index >= 15 is 0 Å². The molecule has 1 rings (SSSR count). The van der Waals surface area contributed by atoms with Gasteiger partial charge in [-0.05, 0) is 5.92 Å². The van der Waals surface area contributed by atoms with E-state index in [0.717, 1.165) is 0 Å². The Morgan fingerprint density at radius 2 is 2.27 bits per heavy atom. The van der Waals surface area contributed by atoms with Gasteiger partial charge in [-0.25, -0.2) is 13.1 Å². The Balaban J connectivity index is 2.81. The lowest BCUT2D eigenvalue weighted by Gasteiger charge is -2.19. The van der Waals surface area contributed by atoms with Crippen molar-refractivity contribution in [3.8, 4) is 0 Å². The lowest BCUT2D eigenvalue weighted by Crippen LogP contribution is -2.40. The van der Waals surface area contributed by atoms with Crippen molar-refractivity contribution in [2.45, 2.75) is 24.8 Å². The molecule has 0 fully saturated rings. The molecule has 0 saturated heterocycles. The van der Waals surface area contributed by atoms with Crippen LogP contribution in [0.3, 0.4) is 0 Å². The highest BCUT2D eigenvalue weighted by Gasteiger charge is 2.22. The molecule has 0 aliphatic carbocycles. The number of H-pyrrole nitrogens is 1. The summed E-state index contributed by atoms with van der Waals surface area (Å²) in [6, 6.07) is -0.482. The lowest BCUT2D eigenvalue weighted by atomic mass is 10.1. The van der Waals surface area contributed by atoms with Crippen molar-refractivity contribution in [3.63, 3.8) is 0 Å². The molecule has 1 aromatic rings. The first-order valence-electron chi connectivity index (χ1n) is 4.59. The third kappa shape index (κ3) is 3.01. The molecule has 0 amide bonds. The largest absolute Gasteiger partial charge is 0.395 e. The van der Waals surface area contributed by atoms with Crippen LogP contribution in [0.5, 0.6) is 0 Å². The van der Waals surface area contributed by atoms with Crippen molar-refractivity contribution in [2.75, 3.05) is 6.61 Å². The van der Waals surface area contributed by atoms with E-state index in [1.54, 1.807) is 0 Å². The first-order chi connectivity index (χ1) is 6.97. The van der Waals surface area contributed by atoms with Crippen molar-refractivity contribution < 1.29 is 13.5 Å². The predicted molar refractivity (Wildman–Crippen MR) is 54.6 cm³/mol. The molecule has 0 unspecified atom stereocenters. The number of aliphatic hydroxyl groups excluding tert-OH is 1. The molecule has 0 radical (unpaired) electrons. The van der Waals surface area contributed by atoms with Crippen molar-refractivity contribution in [1.82, 2.24) is 14.9 Å². The second-order valence-electron chi connectivity index (χ2n) is 3.59. The number of hydrogen-bond donors (Lipinski definition) is 3. The summed E-state index contributed by atoms with van der Waals surface area (Å²) < 4.78 is 25.8. The minimum Gasteiger partial charge on any atom is -0.395 e. The Kier molecular flexibility index (Phi) is 3.83. The maximum absolute atomic E-state index is 11.7. The third-order valence-corrected chi connectivity index (χ3v) is 3.55. The van der Waals surface area contributed by atoms with Gasteiger partial charge in [-0.3, -0.25) is 5.10 Å². The second kappa shape index (κ2) is 4.73. The molecule has 3 N–H and O–H groups in total. The van der Waals surface area contributed by atoms with E-state index in [2.05, 4.69) is 14.9 Å². The number of aromatic nitrogens is 2. The maximum atomic E-state index is 11.7. The van der Waals surface area contributed by atoms with Crippen LogP contribution in [0.1, 0.15) is 13.8 Å². The van der Waals surface area contributed by atoms with Gasteiger partial charge in [-0.15, -0.1) is 0 Å². The quantitative estimate of drug-likeness (QED) is 0.651. The molecule has 0 saturated carbocycles. The zero-order valence-electron chi connectivity index (χ0n) is 8.64. The van der Waals surface area contributed by atoms with Gasteiger partial charge in [0.1, 0.15) is 4.90 Å². The molecular weight excluding hydrogens is 218 g/mol. The fourth-order valence-electron chi connectivity index (χ4n) is 1.04. The predicted octanol–water partition coefficient (Wildman–Crippen LogP) is -0.295. The topological polar surface area (TPSA) is 95.1 Å². The normalized spacial score (nSPS) is 14.4. The third-order valence-electron chi connectivity index (χ3n) is 2.09. The number of aliphatic hydroxyl groups is 1. The van der Waals surface area contributed by atoms with Crippen LogP contribution in [0, 0.1) is 5.92 Å². The molecule has 86 valence electrons. The van der Waals surface area contributed by atoms with Crippen LogP contribution < -0.4 is 4.72 Å². The lowest BCUT2D eigenvalue weighted by molar-refractivity contribution is 0.227. The molecule has 1 heterocycles. The standard InChI is InChI=1S/C8H15N3O3S/c1-6(2)8(5-12)11-15(13,14)7-3-9-10-4-7/h3-4,6,8,11-12H,5H2,1-2H3,(H,9,10)/t8-/m1/s1. The van der Waals surface area contributed by atoms with Gasteiger partial charge in [0.2, 0.25) is 10.0 Å². The van der Waals surface area contributed by atoms with Crippen LogP contribution in [-0.2, 0) is 10.0 Å². The van der Waals surface area contributed by atoms with E-state index in [1.807, 2.05) is 13.8 Å². The fraction of sp³-hybridized carbons (Fsp3) is 0.625. The Morgan fingerprint density at radius 1 is 1.60 bits per heavy atom. The van der Waals surface area contributed by atoms with Gasteiger partial charge in [0.25, 0.3) is 0 Å². The summed E-state index contributed by atoms with van der Waals surface area (Å²) >= 11 is 0. The van der Waals surface area contributed by atoms with Gasteiger partial charge >= 0.3 is 0 Å². The summed E-state index contributed by atoms with van der Waals surface area (Å²) in [6.45, 7) is 3.44. The fourth-order valence-corrected chi connectivity index (χ4v) is 2.32. The molecule has 0 aromatic carbocycles. The SMILES string of the molecule is CC(C)[C@@H](CO)NS(=O)(=O)c1cn[nH]c1. The van der Waals surface area contributed by atoms with Gasteiger partial charge in [-0.2, -0.15) is 5.10 Å². The van der Waals surface area contributed by atoms with Crippen LogP contribution >= 0.6 is 0 Å². The van der Waals surface area contributed by atoms with Crippen molar-refractivity contribution in [2.24, 2.45) is 5.92 Å². The molecule has 15 heavy (non-hydrogen) atoms. The number of hydrogen-bond acceptors (Lipinski definition) is 4. The van der Waals surface area contributed by atoms with Gasteiger partial charge in [-0.1, -0.05) is 13.8 Å². The summed E-state index contributed by atoms with van der Waals surface area (Å²) in [5.41, 5.74) is 0. The molecular formula is C8H15N3O3S. The summed E-state index contributed by atoms with van der Waals surface area (Å²) in [6.07, 6.45) is 2.51. The van der Waals surface area contributed by atoms with Gasteiger partial charge in [0.15, 0.2) is 0 Å². The smallest absolute Gasteiger partial charge is 0.244 e. The minimum absolute atomic E-state index is 0.0247. The van der Waals surface area contributed by atoms with E-state index < -0.39 is 16.1 Å². The minimum atomic E-state index is -3.58. The van der Waals surface area contributed by atoms with Crippen LogP contribution in [0.15, 0.2) is 17.3 Å². The summed E-state index contributed by atoms with van der Waals surface area (Å²) in [4.78, 5) is 0.0709. The van der Waals surface area contributed by atoms with E-state index in [4.69, 9.17) is 5.11 Å². The molecule has 1 atom stereocenters. The summed E-state index contributed by atoms with van der Waals surface area (Å²) in [5, 5.41) is 15.0. The molecule has 6 nitrogen and oxygen atoms in total. The van der Waals surface area contributed by atoms with Crippen LogP contribution in [-0.4, -0.2) is 36.4 Å². The van der Waals surface area contributed by atoms with Gasteiger partial charge < -0.3 is 5.11 Å². The Bertz CT molecular complexity index is 385. The number of sulfonamides is 1. The monoisotopic (exact) mass is 233 g/mol. The highest BCUT2D eigenvalue weighted by atomic mass is 32.2. The number of nitrogens with zero attached hydrogens (tertiary/aromatic N) is 1. The van der Waals surface area contributed by atoms with Gasteiger partial charge in [0, 0.05) is 12.2 Å². The molecule has 1 aromatic heterocycles. The van der Waals surface area contributed by atoms with Gasteiger partial charge in [0.05, 0.1) is 12.8 Å². The van der Waals surface area contributed by atoms with Crippen molar-refractivity contribution >= 4 is 10.0 Å². The molecule has 0 aliphatic rings. The van der Waals surface area contributed by atoms with Crippen molar-refractivity contribution in [3.05, 3.63) is 12.4 Å². The maximum Gasteiger partial charge on any atom is 0.244 e. The number of nitrogens with one attached hydrogen (secondary N) is 2. The van der Waals surface area contributed by atoms with E-state index in [1.165, 1.54) is 12.4 Å². The molecule has 0 aliphatic heterocycles. The van der Waals surface area contributed by atoms with Crippen LogP contribution in [0.25, 0.3) is 0 Å². The number of aromatic amines is 1. The van der Waals surface area contributed by atoms with E-state index in [-0.39, 0.29) is 17.4 Å². The van der Waals surface area contributed by atoms with Crippen LogP contribution in [0.4, 0.5) is 0 Å². The zero-order chi connectivity index (χ0) is 11.5. The second-order valence-corrected chi connectivity index (χ2v) is 5.30. The average Bonchev–Trinajstić information content (AvgIpc) is 2.67. The Hall–Kier alpha value is -0.920. The highest BCUT2D eigenvalue weighted by molar-refractivity contribution is 7.89. The first kappa shape index (κ1) is 12.2. The first-order valence-corrected chi connectivity index (χ1v) is 6.07. The number of rotatable bonds is 5. The zero-order valence-corrected chi connectivity index (χ0v) is 9.45. The average molecular weight is 233 g/mol. The van der Waals surface area contributed by atoms with E-state index in [0.29, 0.717) is 0 Å². The Labute approximate surface area is 88.8 Å². The molecule has 0 bridgehead atoms. The Morgan fingerprint density at radius 3 is 2.67 bits per heavy atom. The highest BCUT2D eigenvalue weighted by Crippen LogP contribution is 2.09. The van der Waals surface area contributed by atoms with E-state index in [9.17, 15) is 8.42 Å².